The standard InChI is InChI=1S/C13H11N3O3S/c1-9-8-20-13(14-9)15-12(17)7-6-10-4-2-3-5-11(10)16(18)19/h2-8H,1H3,(H,14,15,17)/b7-6-. The van der Waals surface area contributed by atoms with Gasteiger partial charge in [-0.3, -0.25) is 20.2 Å². The summed E-state index contributed by atoms with van der Waals surface area (Å²) in [6, 6.07) is 6.22. The maximum Gasteiger partial charge on any atom is 0.276 e. The van der Waals surface area contributed by atoms with Gasteiger partial charge in [-0.05, 0) is 19.1 Å². The number of hydrogen-bond donors (Lipinski definition) is 1. The zero-order valence-corrected chi connectivity index (χ0v) is 11.4. The first-order chi connectivity index (χ1) is 9.56. The number of nitrogens with zero attached hydrogens (tertiary/aromatic N) is 2. The first-order valence-electron chi connectivity index (χ1n) is 5.71. The maximum absolute atomic E-state index is 11.7. The Morgan fingerprint density at radius 2 is 2.20 bits per heavy atom. The van der Waals surface area contributed by atoms with E-state index in [1.165, 1.54) is 29.6 Å². The molecule has 2 aromatic rings. The molecule has 1 N–H and O–H groups in total. The molecule has 0 radical (unpaired) electrons. The van der Waals surface area contributed by atoms with Crippen LogP contribution in [0.25, 0.3) is 6.08 Å². The van der Waals surface area contributed by atoms with Gasteiger partial charge in [-0.2, -0.15) is 0 Å². The average Bonchev–Trinajstić information content (AvgIpc) is 2.82. The van der Waals surface area contributed by atoms with Crippen molar-refractivity contribution in [3.05, 3.63) is 57.1 Å². The van der Waals surface area contributed by atoms with Crippen molar-refractivity contribution in [3.63, 3.8) is 0 Å². The summed E-state index contributed by atoms with van der Waals surface area (Å²) < 4.78 is 0. The molecule has 0 aliphatic heterocycles. The zero-order chi connectivity index (χ0) is 14.5. The van der Waals surface area contributed by atoms with Gasteiger partial charge in [0.1, 0.15) is 0 Å². The van der Waals surface area contributed by atoms with Gasteiger partial charge in [0.25, 0.3) is 5.69 Å². The van der Waals surface area contributed by atoms with Crippen LogP contribution in [-0.4, -0.2) is 15.8 Å². The Labute approximate surface area is 118 Å². The summed E-state index contributed by atoms with van der Waals surface area (Å²) >= 11 is 1.32. The number of rotatable bonds is 4. The molecule has 0 fully saturated rings. The number of nitro groups is 1. The monoisotopic (exact) mass is 289 g/mol. The van der Waals surface area contributed by atoms with Crippen LogP contribution in [0.4, 0.5) is 10.8 Å². The number of aromatic nitrogens is 1. The number of benzene rings is 1. The van der Waals surface area contributed by atoms with E-state index >= 15 is 0 Å². The third kappa shape index (κ3) is 3.48. The van der Waals surface area contributed by atoms with Crippen molar-refractivity contribution in [1.82, 2.24) is 4.98 Å². The molecule has 0 unspecified atom stereocenters. The van der Waals surface area contributed by atoms with Gasteiger partial charge in [0.15, 0.2) is 5.13 Å². The molecule has 0 saturated heterocycles. The molecule has 1 heterocycles. The van der Waals surface area contributed by atoms with Crippen molar-refractivity contribution in [2.45, 2.75) is 6.92 Å². The van der Waals surface area contributed by atoms with E-state index in [2.05, 4.69) is 10.3 Å². The third-order valence-corrected chi connectivity index (χ3v) is 3.27. The number of aryl methyl sites for hydroxylation is 1. The van der Waals surface area contributed by atoms with Gasteiger partial charge in [0.05, 0.1) is 16.2 Å². The highest BCUT2D eigenvalue weighted by Gasteiger charge is 2.10. The molecule has 0 saturated carbocycles. The summed E-state index contributed by atoms with van der Waals surface area (Å²) in [5.74, 6) is -0.377. The predicted octanol–water partition coefficient (Wildman–Crippen LogP) is 3.01. The molecule has 1 aromatic heterocycles. The number of para-hydroxylation sites is 1. The molecule has 2 rings (SSSR count). The molecule has 0 aliphatic rings. The summed E-state index contributed by atoms with van der Waals surface area (Å²) in [5, 5.41) is 15.7. The number of nitro benzene ring substituents is 1. The highest BCUT2D eigenvalue weighted by Crippen LogP contribution is 2.19. The Morgan fingerprint density at radius 1 is 1.45 bits per heavy atom. The second kappa shape index (κ2) is 6.07. The minimum Gasteiger partial charge on any atom is -0.298 e. The van der Waals surface area contributed by atoms with E-state index in [-0.39, 0.29) is 11.6 Å². The van der Waals surface area contributed by atoms with Crippen molar-refractivity contribution in [2.24, 2.45) is 0 Å². The zero-order valence-electron chi connectivity index (χ0n) is 10.6. The van der Waals surface area contributed by atoms with Crippen LogP contribution >= 0.6 is 11.3 Å². The molecule has 102 valence electrons. The Bertz CT molecular complexity index is 679. The summed E-state index contributed by atoms with van der Waals surface area (Å²) in [5.41, 5.74) is 1.16. The lowest BCUT2D eigenvalue weighted by Crippen LogP contribution is -2.07. The normalized spacial score (nSPS) is 10.7. The molecule has 0 spiro atoms. The molecule has 1 aromatic carbocycles. The molecule has 0 bridgehead atoms. The van der Waals surface area contributed by atoms with Crippen molar-refractivity contribution in [1.29, 1.82) is 0 Å². The van der Waals surface area contributed by atoms with Gasteiger partial charge < -0.3 is 0 Å². The van der Waals surface area contributed by atoms with Gasteiger partial charge in [0, 0.05) is 17.5 Å². The highest BCUT2D eigenvalue weighted by atomic mass is 32.1. The van der Waals surface area contributed by atoms with Crippen LogP contribution in [0.2, 0.25) is 0 Å². The average molecular weight is 289 g/mol. The summed E-state index contributed by atoms with van der Waals surface area (Å²) in [4.78, 5) is 26.1. The van der Waals surface area contributed by atoms with E-state index in [1.54, 1.807) is 18.2 Å². The van der Waals surface area contributed by atoms with Crippen molar-refractivity contribution in [3.8, 4) is 0 Å². The molecule has 1 amide bonds. The molecule has 6 nitrogen and oxygen atoms in total. The van der Waals surface area contributed by atoms with Crippen LogP contribution in [0.1, 0.15) is 11.3 Å². The predicted molar refractivity (Wildman–Crippen MR) is 77.6 cm³/mol. The first kappa shape index (κ1) is 13.9. The highest BCUT2D eigenvalue weighted by molar-refractivity contribution is 7.13. The molecule has 20 heavy (non-hydrogen) atoms. The lowest BCUT2D eigenvalue weighted by Gasteiger charge is -1.97. The Kier molecular flexibility index (Phi) is 4.21. The number of anilines is 1. The number of nitrogens with one attached hydrogen (secondary N) is 1. The smallest absolute Gasteiger partial charge is 0.276 e. The number of hydrogen-bond acceptors (Lipinski definition) is 5. The van der Waals surface area contributed by atoms with Crippen LogP contribution < -0.4 is 5.32 Å². The van der Waals surface area contributed by atoms with Crippen LogP contribution in [0.3, 0.4) is 0 Å². The van der Waals surface area contributed by atoms with E-state index in [1.807, 2.05) is 12.3 Å². The van der Waals surface area contributed by atoms with Crippen LogP contribution in [-0.2, 0) is 4.79 Å². The first-order valence-corrected chi connectivity index (χ1v) is 6.59. The van der Waals surface area contributed by atoms with Gasteiger partial charge in [-0.25, -0.2) is 4.98 Å². The van der Waals surface area contributed by atoms with E-state index in [4.69, 9.17) is 0 Å². The van der Waals surface area contributed by atoms with E-state index in [0.29, 0.717) is 10.7 Å². The summed E-state index contributed by atoms with van der Waals surface area (Å²) in [6.07, 6.45) is 2.66. The van der Waals surface area contributed by atoms with E-state index in [9.17, 15) is 14.9 Å². The molecule has 7 heteroatoms. The van der Waals surface area contributed by atoms with Gasteiger partial charge in [-0.1, -0.05) is 12.1 Å². The number of carbonyl (C=O) groups is 1. The number of amides is 1. The van der Waals surface area contributed by atoms with Crippen molar-refractivity contribution < 1.29 is 9.72 Å². The summed E-state index contributed by atoms with van der Waals surface area (Å²) in [7, 11) is 0. The lowest BCUT2D eigenvalue weighted by atomic mass is 10.1. The Hall–Kier alpha value is -2.54. The van der Waals surface area contributed by atoms with Gasteiger partial charge >= 0.3 is 0 Å². The van der Waals surface area contributed by atoms with Crippen molar-refractivity contribution in [2.75, 3.05) is 5.32 Å². The van der Waals surface area contributed by atoms with Gasteiger partial charge in [-0.15, -0.1) is 11.3 Å². The number of thiazole rings is 1. The Balaban J connectivity index is 2.09. The van der Waals surface area contributed by atoms with Crippen LogP contribution in [0.15, 0.2) is 35.7 Å². The quantitative estimate of drug-likeness (QED) is 0.532. The molecule has 0 atom stereocenters. The minimum atomic E-state index is -0.484. The second-order valence-corrected chi connectivity index (χ2v) is 4.79. The molecular formula is C13H11N3O3S. The molecule has 0 aliphatic carbocycles. The largest absolute Gasteiger partial charge is 0.298 e. The van der Waals surface area contributed by atoms with Gasteiger partial charge in [0.2, 0.25) is 5.91 Å². The maximum atomic E-state index is 11.7. The minimum absolute atomic E-state index is 0.0401. The van der Waals surface area contributed by atoms with Crippen LogP contribution in [0, 0.1) is 17.0 Å². The third-order valence-electron chi connectivity index (χ3n) is 2.40. The lowest BCUT2D eigenvalue weighted by molar-refractivity contribution is -0.385. The second-order valence-electron chi connectivity index (χ2n) is 3.93. The molecular weight excluding hydrogens is 278 g/mol. The van der Waals surface area contributed by atoms with Crippen molar-refractivity contribution >= 4 is 34.1 Å². The fourth-order valence-electron chi connectivity index (χ4n) is 1.52. The SMILES string of the molecule is Cc1csc(NC(=O)/C=C\c2ccccc2[N+](=O)[O-])n1. The fraction of sp³-hybridized carbons (Fsp3) is 0.0769. The Morgan fingerprint density at radius 3 is 2.85 bits per heavy atom. The topological polar surface area (TPSA) is 85.1 Å². The van der Waals surface area contributed by atoms with Crippen LogP contribution in [0.5, 0.6) is 0 Å². The van der Waals surface area contributed by atoms with E-state index < -0.39 is 4.92 Å². The van der Waals surface area contributed by atoms with E-state index in [0.717, 1.165) is 5.69 Å². The summed E-state index contributed by atoms with van der Waals surface area (Å²) in [6.45, 7) is 1.83. The fourth-order valence-corrected chi connectivity index (χ4v) is 2.21. The number of carbonyl (C=O) groups excluding carboxylic acids is 1.